The van der Waals surface area contributed by atoms with E-state index >= 15 is 0 Å². The molecule has 1 saturated heterocycles. The fraction of sp³-hybridized carbons (Fsp3) is 0.444. The predicted molar refractivity (Wildman–Crippen MR) is 103 cm³/mol. The van der Waals surface area contributed by atoms with Crippen molar-refractivity contribution in [1.82, 2.24) is 9.97 Å². The van der Waals surface area contributed by atoms with Crippen molar-refractivity contribution in [2.24, 2.45) is 0 Å². The van der Waals surface area contributed by atoms with Gasteiger partial charge in [0.1, 0.15) is 5.82 Å². The summed E-state index contributed by atoms with van der Waals surface area (Å²) >= 11 is 6.11. The Morgan fingerprint density at radius 1 is 1.12 bits per heavy atom. The first-order valence-corrected chi connectivity index (χ1v) is 8.87. The predicted octanol–water partition coefficient (Wildman–Crippen LogP) is 2.82. The summed E-state index contributed by atoms with van der Waals surface area (Å²) < 4.78 is 5.06. The SMILES string of the molecule is COCCNc1nc(C)cc(N2CCN(c3cccc(Cl)c3)CC2)n1. The van der Waals surface area contributed by atoms with Crippen LogP contribution in [0.1, 0.15) is 5.69 Å². The maximum absolute atomic E-state index is 6.11. The number of anilines is 3. The molecule has 1 aliphatic heterocycles. The zero-order valence-corrected chi connectivity index (χ0v) is 15.5. The lowest BCUT2D eigenvalue weighted by molar-refractivity contribution is 0.210. The molecule has 0 amide bonds. The van der Waals surface area contributed by atoms with Crippen LogP contribution in [-0.2, 0) is 4.74 Å². The molecule has 2 heterocycles. The first kappa shape index (κ1) is 17.8. The highest BCUT2D eigenvalue weighted by Crippen LogP contribution is 2.23. The van der Waals surface area contributed by atoms with Gasteiger partial charge in [-0.15, -0.1) is 0 Å². The Morgan fingerprint density at radius 2 is 1.88 bits per heavy atom. The van der Waals surface area contributed by atoms with Crippen LogP contribution in [-0.4, -0.2) is 56.4 Å². The second-order valence-electron chi connectivity index (χ2n) is 6.06. The summed E-state index contributed by atoms with van der Waals surface area (Å²) in [5, 5.41) is 3.98. The Balaban J connectivity index is 1.64. The van der Waals surface area contributed by atoms with Crippen LogP contribution in [0.2, 0.25) is 5.02 Å². The van der Waals surface area contributed by atoms with Gasteiger partial charge in [-0.1, -0.05) is 17.7 Å². The average Bonchev–Trinajstić information content (AvgIpc) is 2.62. The van der Waals surface area contributed by atoms with Gasteiger partial charge >= 0.3 is 0 Å². The molecule has 134 valence electrons. The van der Waals surface area contributed by atoms with Crippen molar-refractivity contribution >= 4 is 29.1 Å². The van der Waals surface area contributed by atoms with Gasteiger partial charge in [0.15, 0.2) is 0 Å². The van der Waals surface area contributed by atoms with Crippen LogP contribution in [0.4, 0.5) is 17.5 Å². The molecular weight excluding hydrogens is 338 g/mol. The third kappa shape index (κ3) is 4.74. The summed E-state index contributed by atoms with van der Waals surface area (Å²) in [5.41, 5.74) is 2.13. The van der Waals surface area contributed by atoms with Gasteiger partial charge in [-0.2, -0.15) is 4.98 Å². The zero-order chi connectivity index (χ0) is 17.6. The lowest BCUT2D eigenvalue weighted by Crippen LogP contribution is -2.47. The highest BCUT2D eigenvalue weighted by molar-refractivity contribution is 6.30. The largest absolute Gasteiger partial charge is 0.383 e. The van der Waals surface area contributed by atoms with E-state index in [0.717, 1.165) is 42.7 Å². The van der Waals surface area contributed by atoms with E-state index in [1.54, 1.807) is 7.11 Å². The first-order chi connectivity index (χ1) is 12.2. The van der Waals surface area contributed by atoms with Gasteiger partial charge in [0, 0.05) is 62.3 Å². The van der Waals surface area contributed by atoms with Crippen molar-refractivity contribution in [3.05, 3.63) is 41.0 Å². The Morgan fingerprint density at radius 3 is 2.60 bits per heavy atom. The first-order valence-electron chi connectivity index (χ1n) is 8.49. The normalized spacial score (nSPS) is 14.7. The Labute approximate surface area is 153 Å². The van der Waals surface area contributed by atoms with Crippen LogP contribution < -0.4 is 15.1 Å². The average molecular weight is 362 g/mol. The zero-order valence-electron chi connectivity index (χ0n) is 14.7. The van der Waals surface area contributed by atoms with Crippen molar-refractivity contribution in [2.75, 3.05) is 61.6 Å². The third-order valence-electron chi connectivity index (χ3n) is 4.21. The van der Waals surface area contributed by atoms with Gasteiger partial charge in [-0.05, 0) is 25.1 Å². The molecule has 7 heteroatoms. The molecule has 1 N–H and O–H groups in total. The number of nitrogens with zero attached hydrogens (tertiary/aromatic N) is 4. The molecule has 6 nitrogen and oxygen atoms in total. The number of halogens is 1. The number of benzene rings is 1. The van der Waals surface area contributed by atoms with Gasteiger partial charge < -0.3 is 19.9 Å². The highest BCUT2D eigenvalue weighted by atomic mass is 35.5. The molecule has 0 atom stereocenters. The fourth-order valence-electron chi connectivity index (χ4n) is 2.92. The van der Waals surface area contributed by atoms with Crippen molar-refractivity contribution in [2.45, 2.75) is 6.92 Å². The van der Waals surface area contributed by atoms with Crippen molar-refractivity contribution in [3.63, 3.8) is 0 Å². The third-order valence-corrected chi connectivity index (χ3v) is 4.44. The number of nitrogens with one attached hydrogen (secondary N) is 1. The minimum Gasteiger partial charge on any atom is -0.383 e. The summed E-state index contributed by atoms with van der Waals surface area (Å²) in [7, 11) is 1.68. The van der Waals surface area contributed by atoms with Gasteiger partial charge in [0.2, 0.25) is 5.95 Å². The summed E-state index contributed by atoms with van der Waals surface area (Å²) in [4.78, 5) is 13.8. The summed E-state index contributed by atoms with van der Waals surface area (Å²) in [6, 6.07) is 10.1. The van der Waals surface area contributed by atoms with Gasteiger partial charge in [0.05, 0.1) is 6.61 Å². The molecule has 2 aromatic rings. The summed E-state index contributed by atoms with van der Waals surface area (Å²) in [6.45, 7) is 7.04. The van der Waals surface area contributed by atoms with Crippen LogP contribution in [0.25, 0.3) is 0 Å². The molecule has 1 aromatic carbocycles. The monoisotopic (exact) mass is 361 g/mol. The molecule has 0 bridgehead atoms. The van der Waals surface area contributed by atoms with E-state index < -0.39 is 0 Å². The summed E-state index contributed by atoms with van der Waals surface area (Å²) in [5.74, 6) is 1.63. The van der Waals surface area contributed by atoms with Gasteiger partial charge in [-0.25, -0.2) is 4.98 Å². The maximum atomic E-state index is 6.11. The van der Waals surface area contributed by atoms with Crippen LogP contribution in [0.5, 0.6) is 0 Å². The fourth-order valence-corrected chi connectivity index (χ4v) is 3.11. The lowest BCUT2D eigenvalue weighted by atomic mass is 10.2. The molecule has 25 heavy (non-hydrogen) atoms. The van der Waals surface area contributed by atoms with Crippen LogP contribution >= 0.6 is 11.6 Å². The highest BCUT2D eigenvalue weighted by Gasteiger charge is 2.19. The van der Waals surface area contributed by atoms with E-state index in [4.69, 9.17) is 16.3 Å². The Hall–Kier alpha value is -2.05. The molecule has 0 unspecified atom stereocenters. The van der Waals surface area contributed by atoms with E-state index in [-0.39, 0.29) is 0 Å². The van der Waals surface area contributed by atoms with E-state index in [0.29, 0.717) is 19.1 Å². The standard InChI is InChI=1S/C18H24ClN5O/c1-14-12-17(22-18(21-14)20-6-11-25-2)24-9-7-23(8-10-24)16-5-3-4-15(19)13-16/h3-5,12-13H,6-11H2,1-2H3,(H,20,21,22). The van der Waals surface area contributed by atoms with Crippen LogP contribution in [0.3, 0.4) is 0 Å². The Kier molecular flexibility index (Phi) is 5.94. The number of piperazine rings is 1. The molecule has 1 aromatic heterocycles. The minimum absolute atomic E-state index is 0.630. The molecular formula is C18H24ClN5O. The molecule has 1 fully saturated rings. The second kappa shape index (κ2) is 8.36. The van der Waals surface area contributed by atoms with Crippen LogP contribution in [0, 0.1) is 6.92 Å². The number of rotatable bonds is 6. The topological polar surface area (TPSA) is 53.5 Å². The van der Waals surface area contributed by atoms with E-state index in [1.165, 1.54) is 5.69 Å². The number of aromatic nitrogens is 2. The number of aryl methyl sites for hydroxylation is 1. The van der Waals surface area contributed by atoms with Gasteiger partial charge in [-0.3, -0.25) is 0 Å². The van der Waals surface area contributed by atoms with Crippen molar-refractivity contribution < 1.29 is 4.74 Å². The Bertz CT molecular complexity index is 704. The molecule has 0 aliphatic carbocycles. The van der Waals surface area contributed by atoms with E-state index in [2.05, 4.69) is 31.2 Å². The quantitative estimate of drug-likeness (QED) is 0.798. The van der Waals surface area contributed by atoms with E-state index in [9.17, 15) is 0 Å². The smallest absolute Gasteiger partial charge is 0.224 e. The number of methoxy groups -OCH3 is 1. The lowest BCUT2D eigenvalue weighted by Gasteiger charge is -2.37. The number of ether oxygens (including phenoxy) is 1. The number of hydrogen-bond donors (Lipinski definition) is 1. The van der Waals surface area contributed by atoms with Crippen LogP contribution in [0.15, 0.2) is 30.3 Å². The summed E-state index contributed by atoms with van der Waals surface area (Å²) in [6.07, 6.45) is 0. The van der Waals surface area contributed by atoms with E-state index in [1.807, 2.05) is 31.2 Å². The maximum Gasteiger partial charge on any atom is 0.224 e. The van der Waals surface area contributed by atoms with Crippen molar-refractivity contribution in [1.29, 1.82) is 0 Å². The van der Waals surface area contributed by atoms with Gasteiger partial charge in [0.25, 0.3) is 0 Å². The molecule has 0 spiro atoms. The second-order valence-corrected chi connectivity index (χ2v) is 6.50. The molecule has 0 saturated carbocycles. The molecule has 1 aliphatic rings. The number of hydrogen-bond acceptors (Lipinski definition) is 6. The molecule has 3 rings (SSSR count). The van der Waals surface area contributed by atoms with Crippen molar-refractivity contribution in [3.8, 4) is 0 Å². The minimum atomic E-state index is 0.630. The molecule has 0 radical (unpaired) electrons.